The van der Waals surface area contributed by atoms with Gasteiger partial charge in [0.25, 0.3) is 0 Å². The van der Waals surface area contributed by atoms with Crippen molar-refractivity contribution >= 4 is 7.82 Å². The molecule has 0 radical (unpaired) electrons. The van der Waals surface area contributed by atoms with Gasteiger partial charge in [-0.1, -0.05) is 13.2 Å². The Labute approximate surface area is 133 Å². The van der Waals surface area contributed by atoms with Crippen LogP contribution in [0.1, 0.15) is 0 Å². The predicted octanol–water partition coefficient (Wildman–Crippen LogP) is 4.29. The van der Waals surface area contributed by atoms with Crippen molar-refractivity contribution in [2.75, 3.05) is 0 Å². The predicted molar refractivity (Wildman–Crippen MR) is 85.6 cm³/mol. The van der Waals surface area contributed by atoms with E-state index in [9.17, 15) is 9.46 Å². The molecule has 0 aromatic heterocycles. The second-order valence-electron chi connectivity index (χ2n) is 4.16. The summed E-state index contributed by atoms with van der Waals surface area (Å²) in [5.41, 5.74) is 0. The molecule has 0 bridgehead atoms. The van der Waals surface area contributed by atoms with Crippen LogP contribution in [0.5, 0.6) is 23.0 Å². The minimum atomic E-state index is -4.32. The Balaban J connectivity index is 2.01. The van der Waals surface area contributed by atoms with Crippen molar-refractivity contribution in [3.8, 4) is 23.0 Å². The molecule has 0 spiro atoms. The van der Waals surface area contributed by atoms with Gasteiger partial charge < -0.3 is 18.5 Å². The van der Waals surface area contributed by atoms with Gasteiger partial charge in [-0.05, 0) is 48.5 Å². The van der Waals surface area contributed by atoms with Gasteiger partial charge in [0.2, 0.25) is 0 Å². The molecular weight excluding hydrogens is 319 g/mol. The van der Waals surface area contributed by atoms with Crippen LogP contribution in [0.4, 0.5) is 0 Å². The quantitative estimate of drug-likeness (QED) is 0.573. The number of ether oxygens (including phenoxy) is 2. The van der Waals surface area contributed by atoms with Crippen molar-refractivity contribution in [2.24, 2.45) is 0 Å². The summed E-state index contributed by atoms with van der Waals surface area (Å²) in [5, 5.41) is 0. The molecule has 6 nitrogen and oxygen atoms in total. The van der Waals surface area contributed by atoms with Gasteiger partial charge in [-0.15, -0.1) is 0 Å². The average molecular weight is 334 g/mol. The molecule has 0 unspecified atom stereocenters. The van der Waals surface area contributed by atoms with Crippen molar-refractivity contribution in [3.05, 3.63) is 74.2 Å². The van der Waals surface area contributed by atoms with E-state index < -0.39 is 7.82 Å². The highest BCUT2D eigenvalue weighted by Crippen LogP contribution is 2.44. The van der Waals surface area contributed by atoms with Crippen LogP contribution in [0.15, 0.2) is 74.2 Å². The van der Waals surface area contributed by atoms with Crippen molar-refractivity contribution in [2.45, 2.75) is 0 Å². The van der Waals surface area contributed by atoms with Crippen molar-refractivity contribution in [3.63, 3.8) is 0 Å². The molecule has 0 amide bonds. The maximum absolute atomic E-state index is 12.0. The van der Waals surface area contributed by atoms with Gasteiger partial charge in [0, 0.05) is 0 Å². The van der Waals surface area contributed by atoms with Crippen molar-refractivity contribution < 1.29 is 28.0 Å². The lowest BCUT2D eigenvalue weighted by molar-refractivity contribution is 0.290. The van der Waals surface area contributed by atoms with E-state index in [4.69, 9.17) is 18.5 Å². The van der Waals surface area contributed by atoms with E-state index in [1.54, 1.807) is 24.3 Å². The zero-order valence-corrected chi connectivity index (χ0v) is 13.0. The van der Waals surface area contributed by atoms with Crippen LogP contribution < -0.4 is 18.5 Å². The number of rotatable bonds is 8. The Morgan fingerprint density at radius 3 is 1.35 bits per heavy atom. The highest BCUT2D eigenvalue weighted by atomic mass is 31.2. The van der Waals surface area contributed by atoms with Crippen LogP contribution in [0.25, 0.3) is 0 Å². The third kappa shape index (κ3) is 5.21. The summed E-state index contributed by atoms with van der Waals surface area (Å²) in [6, 6.07) is 12.2. The first kappa shape index (κ1) is 16.7. The fourth-order valence-electron chi connectivity index (χ4n) is 1.64. The zero-order valence-electron chi connectivity index (χ0n) is 12.1. The monoisotopic (exact) mass is 334 g/mol. The summed E-state index contributed by atoms with van der Waals surface area (Å²) >= 11 is 0. The van der Waals surface area contributed by atoms with Crippen LogP contribution >= 0.6 is 7.82 Å². The molecule has 1 N–H and O–H groups in total. The van der Waals surface area contributed by atoms with Crippen molar-refractivity contribution in [1.82, 2.24) is 0 Å². The number of phosphoric ester groups is 1. The largest absolute Gasteiger partial charge is 0.584 e. The molecule has 7 heteroatoms. The highest BCUT2D eigenvalue weighted by Gasteiger charge is 2.25. The lowest BCUT2D eigenvalue weighted by Crippen LogP contribution is -1.99. The Kier molecular flexibility index (Phi) is 5.46. The maximum Gasteiger partial charge on any atom is 0.584 e. The summed E-state index contributed by atoms with van der Waals surface area (Å²) in [6.07, 6.45) is 2.55. The van der Waals surface area contributed by atoms with Gasteiger partial charge in [-0.2, -0.15) is 0 Å². The second kappa shape index (κ2) is 7.54. The Bertz CT molecular complexity index is 649. The van der Waals surface area contributed by atoms with Crippen LogP contribution in [-0.4, -0.2) is 4.89 Å². The SMILES string of the molecule is C=COc1ccc(OP(=O)(O)Oc2ccc(OC=C)cc2)cc1. The molecule has 2 rings (SSSR count). The van der Waals surface area contributed by atoms with E-state index in [0.717, 1.165) is 0 Å². The number of benzene rings is 2. The maximum atomic E-state index is 12.0. The van der Waals surface area contributed by atoms with E-state index in [2.05, 4.69) is 13.2 Å². The van der Waals surface area contributed by atoms with Crippen LogP contribution in [0.2, 0.25) is 0 Å². The third-order valence-corrected chi connectivity index (χ3v) is 3.41. The summed E-state index contributed by atoms with van der Waals surface area (Å²) in [4.78, 5) is 9.78. The molecule has 0 heterocycles. The number of hydrogen-bond donors (Lipinski definition) is 1. The summed E-state index contributed by atoms with van der Waals surface area (Å²) < 4.78 is 32.0. The topological polar surface area (TPSA) is 74.2 Å². The van der Waals surface area contributed by atoms with E-state index in [1.165, 1.54) is 36.8 Å². The molecule has 2 aromatic rings. The van der Waals surface area contributed by atoms with E-state index in [0.29, 0.717) is 11.5 Å². The Morgan fingerprint density at radius 2 is 1.04 bits per heavy atom. The summed E-state index contributed by atoms with van der Waals surface area (Å²) in [6.45, 7) is 6.86. The molecule has 2 aromatic carbocycles. The molecule has 120 valence electrons. The molecule has 0 aliphatic heterocycles. The minimum Gasteiger partial charge on any atom is -0.466 e. The highest BCUT2D eigenvalue weighted by molar-refractivity contribution is 7.48. The number of phosphoric acid groups is 1. The van der Waals surface area contributed by atoms with E-state index >= 15 is 0 Å². The molecule has 0 saturated heterocycles. The molecule has 23 heavy (non-hydrogen) atoms. The lowest BCUT2D eigenvalue weighted by atomic mass is 10.3. The fraction of sp³-hybridized carbons (Fsp3) is 0. The van der Waals surface area contributed by atoms with E-state index in [1.807, 2.05) is 0 Å². The van der Waals surface area contributed by atoms with Crippen LogP contribution in [0.3, 0.4) is 0 Å². The van der Waals surface area contributed by atoms with Crippen molar-refractivity contribution in [1.29, 1.82) is 0 Å². The molecule has 0 saturated carbocycles. The van der Waals surface area contributed by atoms with E-state index in [-0.39, 0.29) is 11.5 Å². The first-order valence-corrected chi connectivity index (χ1v) is 7.99. The van der Waals surface area contributed by atoms with Crippen LogP contribution in [0, 0.1) is 0 Å². The first-order chi connectivity index (χ1) is 11.0. The molecule has 0 fully saturated rings. The fourth-order valence-corrected chi connectivity index (χ4v) is 2.45. The summed E-state index contributed by atoms with van der Waals surface area (Å²) in [5.74, 6) is 1.38. The second-order valence-corrected chi connectivity index (χ2v) is 5.47. The van der Waals surface area contributed by atoms with Gasteiger partial charge >= 0.3 is 7.82 Å². The lowest BCUT2D eigenvalue weighted by Gasteiger charge is -2.14. The minimum absolute atomic E-state index is 0.166. The smallest absolute Gasteiger partial charge is 0.466 e. The zero-order chi connectivity index (χ0) is 16.7. The van der Waals surface area contributed by atoms with Gasteiger partial charge in [0.15, 0.2) is 0 Å². The molecule has 0 aliphatic rings. The normalized spacial score (nSPS) is 10.5. The number of hydrogen-bond acceptors (Lipinski definition) is 5. The average Bonchev–Trinajstić information content (AvgIpc) is 2.51. The summed E-state index contributed by atoms with van der Waals surface area (Å²) in [7, 11) is -4.32. The molecule has 0 atom stereocenters. The standard InChI is InChI=1S/C16H15O6P/c1-3-19-13-5-9-15(10-6-13)21-23(17,18)22-16-11-7-14(8-12-16)20-4-2/h3-12H,1-2H2,(H,17,18). The van der Waals surface area contributed by atoms with Crippen LogP contribution in [-0.2, 0) is 4.57 Å². The van der Waals surface area contributed by atoms with Gasteiger partial charge in [0.05, 0.1) is 12.5 Å². The van der Waals surface area contributed by atoms with Gasteiger partial charge in [0.1, 0.15) is 23.0 Å². The Hall–Kier alpha value is -2.69. The molecule has 0 aliphatic carbocycles. The first-order valence-electron chi connectivity index (χ1n) is 6.49. The van der Waals surface area contributed by atoms with Gasteiger partial charge in [-0.25, -0.2) is 4.57 Å². The Morgan fingerprint density at radius 1 is 0.739 bits per heavy atom. The van der Waals surface area contributed by atoms with Gasteiger partial charge in [-0.3, -0.25) is 4.89 Å². The third-order valence-electron chi connectivity index (χ3n) is 2.53. The molecular formula is C16H15O6P.